The number of benzene rings is 4. The number of allylic oxidation sites excluding steroid dienone is 1. The monoisotopic (exact) mass is 394 g/mol. The van der Waals surface area contributed by atoms with Crippen molar-refractivity contribution in [2.45, 2.75) is 12.8 Å². The predicted octanol–water partition coefficient (Wildman–Crippen LogP) is 7.30. The minimum atomic E-state index is -0.338. The Kier molecular flexibility index (Phi) is 5.72. The first-order valence-corrected chi connectivity index (χ1v) is 9.84. The highest BCUT2D eigenvalue weighted by Gasteiger charge is 2.09. The first kappa shape index (κ1) is 19.6. The van der Waals surface area contributed by atoms with Gasteiger partial charge in [0.25, 0.3) is 0 Å². The second kappa shape index (κ2) is 8.76. The van der Waals surface area contributed by atoms with E-state index in [-0.39, 0.29) is 11.6 Å². The first-order chi connectivity index (χ1) is 14.6. The highest BCUT2D eigenvalue weighted by molar-refractivity contribution is 5.89. The van der Waals surface area contributed by atoms with E-state index < -0.39 is 0 Å². The third kappa shape index (κ3) is 4.31. The Hall–Kier alpha value is -3.70. The van der Waals surface area contributed by atoms with Crippen LogP contribution in [0, 0.1) is 23.5 Å². The molecule has 0 saturated carbocycles. The zero-order valence-electron chi connectivity index (χ0n) is 16.5. The van der Waals surface area contributed by atoms with Gasteiger partial charge in [0.1, 0.15) is 11.6 Å². The molecular weight excluding hydrogens is 374 g/mol. The molecule has 0 aliphatic rings. The predicted molar refractivity (Wildman–Crippen MR) is 120 cm³/mol. The number of hydrogen-bond donors (Lipinski definition) is 0. The van der Waals surface area contributed by atoms with Crippen LogP contribution in [0.15, 0.2) is 91.5 Å². The van der Waals surface area contributed by atoms with Crippen molar-refractivity contribution in [3.63, 3.8) is 0 Å². The summed E-state index contributed by atoms with van der Waals surface area (Å²) in [4.78, 5) is 0. The Labute approximate surface area is 175 Å². The maximum Gasteiger partial charge on any atom is 0.138 e. The van der Waals surface area contributed by atoms with Gasteiger partial charge in [-0.1, -0.05) is 60.4 Å². The van der Waals surface area contributed by atoms with Crippen LogP contribution < -0.4 is 0 Å². The molecule has 0 saturated heterocycles. The molecule has 30 heavy (non-hydrogen) atoms. The highest BCUT2D eigenvalue weighted by Crippen LogP contribution is 2.29. The maximum absolute atomic E-state index is 15.0. The lowest BCUT2D eigenvalue weighted by Crippen LogP contribution is -1.88. The van der Waals surface area contributed by atoms with Gasteiger partial charge >= 0.3 is 0 Å². The Balaban J connectivity index is 1.60. The minimum absolute atomic E-state index is 0.311. The van der Waals surface area contributed by atoms with Crippen LogP contribution in [-0.2, 0) is 6.42 Å². The Bertz CT molecular complexity index is 1250. The maximum atomic E-state index is 15.0. The molecule has 0 aliphatic heterocycles. The molecule has 0 atom stereocenters. The van der Waals surface area contributed by atoms with Crippen LogP contribution in [0.25, 0.3) is 21.9 Å². The van der Waals surface area contributed by atoms with E-state index in [9.17, 15) is 4.39 Å². The van der Waals surface area contributed by atoms with Crippen LogP contribution in [0.2, 0.25) is 0 Å². The van der Waals surface area contributed by atoms with E-state index in [0.29, 0.717) is 16.5 Å². The summed E-state index contributed by atoms with van der Waals surface area (Å²) < 4.78 is 28.2. The zero-order valence-corrected chi connectivity index (χ0v) is 16.5. The highest BCUT2D eigenvalue weighted by atomic mass is 19.1. The van der Waals surface area contributed by atoms with E-state index in [0.717, 1.165) is 29.4 Å². The lowest BCUT2D eigenvalue weighted by atomic mass is 9.99. The van der Waals surface area contributed by atoms with Crippen molar-refractivity contribution >= 4 is 10.8 Å². The molecule has 0 radical (unpaired) electrons. The molecule has 0 N–H and O–H groups in total. The lowest BCUT2D eigenvalue weighted by Gasteiger charge is -2.07. The fourth-order valence-corrected chi connectivity index (χ4v) is 3.39. The molecule has 0 heterocycles. The second-order valence-corrected chi connectivity index (χ2v) is 7.14. The summed E-state index contributed by atoms with van der Waals surface area (Å²) >= 11 is 0. The van der Waals surface area contributed by atoms with Crippen LogP contribution in [0.3, 0.4) is 0 Å². The van der Waals surface area contributed by atoms with Crippen molar-refractivity contribution in [2.75, 3.05) is 0 Å². The fraction of sp³-hybridized carbons (Fsp3) is 0.0714. The van der Waals surface area contributed by atoms with E-state index in [4.69, 9.17) is 0 Å². The topological polar surface area (TPSA) is 0 Å². The van der Waals surface area contributed by atoms with E-state index in [1.54, 1.807) is 24.3 Å². The van der Waals surface area contributed by atoms with Gasteiger partial charge in [-0.3, -0.25) is 0 Å². The summed E-state index contributed by atoms with van der Waals surface area (Å²) in [6, 6.07) is 23.1. The number of aryl methyl sites for hydroxylation is 1. The normalized spacial score (nSPS) is 10.5. The third-order valence-electron chi connectivity index (χ3n) is 5.05. The SMILES string of the molecule is C=CCCc1ccc(C#Cc2ccc3c(F)c(-c4ccc(F)cc4)ccc3c2)cc1. The number of fused-ring (bicyclic) bond motifs is 1. The van der Waals surface area contributed by atoms with Gasteiger partial charge in [0.2, 0.25) is 0 Å². The summed E-state index contributed by atoms with van der Waals surface area (Å²) in [5.74, 6) is 5.67. The second-order valence-electron chi connectivity index (χ2n) is 7.14. The molecule has 0 bridgehead atoms. The molecule has 0 unspecified atom stereocenters. The van der Waals surface area contributed by atoms with Gasteiger partial charge in [-0.2, -0.15) is 0 Å². The molecule has 0 aliphatic carbocycles. The van der Waals surface area contributed by atoms with Gasteiger partial charge in [0.15, 0.2) is 0 Å². The van der Waals surface area contributed by atoms with E-state index in [1.807, 2.05) is 36.4 Å². The minimum Gasteiger partial charge on any atom is -0.207 e. The van der Waals surface area contributed by atoms with Crippen molar-refractivity contribution in [2.24, 2.45) is 0 Å². The standard InChI is InChI=1S/C28H20F2/c1-2-3-4-20-5-7-21(8-6-20)9-10-22-11-17-27-24(19-22)14-18-26(28(27)30)23-12-15-25(29)16-13-23/h2,5-8,11-19H,1,3-4H2. The number of halogens is 2. The Morgan fingerprint density at radius 1 is 0.767 bits per heavy atom. The van der Waals surface area contributed by atoms with Gasteiger partial charge in [-0.05, 0) is 65.8 Å². The molecule has 0 nitrogen and oxygen atoms in total. The van der Waals surface area contributed by atoms with Crippen LogP contribution in [0.1, 0.15) is 23.1 Å². The summed E-state index contributed by atoms with van der Waals surface area (Å²) in [6.07, 6.45) is 3.85. The summed E-state index contributed by atoms with van der Waals surface area (Å²) in [7, 11) is 0. The van der Waals surface area contributed by atoms with Gasteiger partial charge in [0, 0.05) is 22.1 Å². The molecule has 4 aromatic carbocycles. The van der Waals surface area contributed by atoms with Crippen molar-refractivity contribution in [3.8, 4) is 23.0 Å². The largest absolute Gasteiger partial charge is 0.207 e. The fourth-order valence-electron chi connectivity index (χ4n) is 3.39. The Morgan fingerprint density at radius 2 is 1.47 bits per heavy atom. The average molecular weight is 394 g/mol. The van der Waals surface area contributed by atoms with Crippen molar-refractivity contribution in [1.82, 2.24) is 0 Å². The van der Waals surface area contributed by atoms with Crippen molar-refractivity contribution < 1.29 is 8.78 Å². The van der Waals surface area contributed by atoms with Crippen LogP contribution >= 0.6 is 0 Å². The molecule has 2 heteroatoms. The van der Waals surface area contributed by atoms with Gasteiger partial charge in [-0.15, -0.1) is 6.58 Å². The summed E-state index contributed by atoms with van der Waals surface area (Å²) in [6.45, 7) is 3.75. The van der Waals surface area contributed by atoms with Gasteiger partial charge < -0.3 is 0 Å². The van der Waals surface area contributed by atoms with E-state index in [2.05, 4.69) is 30.6 Å². The summed E-state index contributed by atoms with van der Waals surface area (Å²) in [5.41, 5.74) is 4.13. The number of rotatable bonds is 4. The molecule has 0 fully saturated rings. The molecule has 146 valence electrons. The van der Waals surface area contributed by atoms with Crippen molar-refractivity contribution in [3.05, 3.63) is 120 Å². The average Bonchev–Trinajstić information content (AvgIpc) is 2.78. The molecular formula is C28H20F2. The van der Waals surface area contributed by atoms with Crippen LogP contribution in [-0.4, -0.2) is 0 Å². The van der Waals surface area contributed by atoms with E-state index >= 15 is 4.39 Å². The van der Waals surface area contributed by atoms with Gasteiger partial charge in [0.05, 0.1) is 0 Å². The first-order valence-electron chi connectivity index (χ1n) is 9.84. The molecule has 0 spiro atoms. The smallest absolute Gasteiger partial charge is 0.138 e. The van der Waals surface area contributed by atoms with Crippen molar-refractivity contribution in [1.29, 1.82) is 0 Å². The quantitative estimate of drug-likeness (QED) is 0.252. The number of hydrogen-bond acceptors (Lipinski definition) is 0. The van der Waals surface area contributed by atoms with E-state index in [1.165, 1.54) is 17.7 Å². The van der Waals surface area contributed by atoms with Gasteiger partial charge in [-0.25, -0.2) is 8.78 Å². The lowest BCUT2D eigenvalue weighted by molar-refractivity contribution is 0.627. The third-order valence-corrected chi connectivity index (χ3v) is 5.05. The van der Waals surface area contributed by atoms with Crippen LogP contribution in [0.5, 0.6) is 0 Å². The molecule has 0 amide bonds. The Morgan fingerprint density at radius 3 is 2.20 bits per heavy atom. The summed E-state index contributed by atoms with van der Waals surface area (Å²) in [5, 5.41) is 1.30. The molecule has 4 rings (SSSR count). The molecule has 4 aromatic rings. The molecule has 0 aromatic heterocycles. The van der Waals surface area contributed by atoms with Crippen LogP contribution in [0.4, 0.5) is 8.78 Å². The zero-order chi connectivity index (χ0) is 20.9.